The number of piperazine rings is 1. The summed E-state index contributed by atoms with van der Waals surface area (Å²) in [4.78, 5) is 37.6. The fraction of sp³-hybridized carbons (Fsp3) is 0.471. The van der Waals surface area contributed by atoms with Crippen LogP contribution in [0.25, 0.3) is 0 Å². The number of alkyl halides is 3. The van der Waals surface area contributed by atoms with Gasteiger partial charge in [0.25, 0.3) is 0 Å². The Labute approximate surface area is 154 Å². The molecule has 7 nitrogen and oxygen atoms in total. The molecule has 1 aliphatic heterocycles. The molecule has 1 aliphatic rings. The van der Waals surface area contributed by atoms with Crippen LogP contribution in [0.2, 0.25) is 0 Å². The van der Waals surface area contributed by atoms with Gasteiger partial charge < -0.3 is 15.5 Å². The van der Waals surface area contributed by atoms with Crippen molar-refractivity contribution < 1.29 is 27.6 Å². The molecule has 0 unspecified atom stereocenters. The van der Waals surface area contributed by atoms with E-state index in [4.69, 9.17) is 0 Å². The van der Waals surface area contributed by atoms with Gasteiger partial charge in [0.2, 0.25) is 17.7 Å². The number of hydrogen-bond donors (Lipinski definition) is 2. The van der Waals surface area contributed by atoms with E-state index in [1.54, 1.807) is 29.2 Å². The van der Waals surface area contributed by atoms with E-state index in [0.29, 0.717) is 24.5 Å². The molecule has 1 fully saturated rings. The molecule has 1 saturated heterocycles. The molecule has 0 bridgehead atoms. The molecule has 27 heavy (non-hydrogen) atoms. The number of anilines is 2. The maximum Gasteiger partial charge on any atom is 0.397 e. The molecule has 2 rings (SSSR count). The first-order chi connectivity index (χ1) is 12.6. The smallest absolute Gasteiger partial charge is 0.340 e. The number of halogens is 3. The summed E-state index contributed by atoms with van der Waals surface area (Å²) in [5.41, 5.74) is 1.17. The lowest BCUT2D eigenvalue weighted by molar-refractivity contribution is -0.162. The van der Waals surface area contributed by atoms with Crippen LogP contribution in [-0.2, 0) is 14.4 Å². The van der Waals surface area contributed by atoms with Crippen molar-refractivity contribution in [1.29, 1.82) is 0 Å². The van der Waals surface area contributed by atoms with Gasteiger partial charge in [-0.3, -0.25) is 19.3 Å². The van der Waals surface area contributed by atoms with E-state index in [1.165, 1.54) is 11.8 Å². The Kier molecular flexibility index (Phi) is 6.78. The lowest BCUT2D eigenvalue weighted by Gasteiger charge is -2.34. The fourth-order valence-corrected chi connectivity index (χ4v) is 2.68. The first-order valence-electron chi connectivity index (χ1n) is 8.37. The first kappa shape index (κ1) is 20.7. The number of nitrogens with one attached hydrogen (secondary N) is 2. The third-order valence-electron chi connectivity index (χ3n) is 3.93. The Morgan fingerprint density at radius 2 is 1.48 bits per heavy atom. The molecule has 1 aromatic rings. The van der Waals surface area contributed by atoms with Crippen LogP contribution in [-0.4, -0.2) is 66.4 Å². The minimum atomic E-state index is -4.51. The average molecular weight is 386 g/mol. The van der Waals surface area contributed by atoms with E-state index >= 15 is 0 Å². The molecule has 10 heteroatoms. The van der Waals surface area contributed by atoms with E-state index in [9.17, 15) is 27.6 Å². The lowest BCUT2D eigenvalue weighted by atomic mass is 10.2. The van der Waals surface area contributed by atoms with Gasteiger partial charge in [-0.05, 0) is 24.3 Å². The topological polar surface area (TPSA) is 81.8 Å². The van der Waals surface area contributed by atoms with E-state index in [-0.39, 0.29) is 31.4 Å². The molecule has 1 aromatic carbocycles. The van der Waals surface area contributed by atoms with Crippen LogP contribution in [0.1, 0.15) is 13.3 Å². The largest absolute Gasteiger partial charge is 0.397 e. The van der Waals surface area contributed by atoms with Gasteiger partial charge in [-0.1, -0.05) is 0 Å². The van der Waals surface area contributed by atoms with Gasteiger partial charge in [-0.25, -0.2) is 0 Å². The fourth-order valence-electron chi connectivity index (χ4n) is 2.68. The lowest BCUT2D eigenvalue weighted by Crippen LogP contribution is -2.51. The summed E-state index contributed by atoms with van der Waals surface area (Å²) < 4.78 is 36.8. The number of carbonyl (C=O) groups excluding carboxylic acids is 3. The molecule has 0 spiro atoms. The Hall–Kier alpha value is -2.62. The molecule has 1 heterocycles. The Bertz CT molecular complexity index is 684. The summed E-state index contributed by atoms with van der Waals surface area (Å²) >= 11 is 0. The maximum atomic E-state index is 12.3. The summed E-state index contributed by atoms with van der Waals surface area (Å²) in [6.45, 7) is 2.46. The zero-order valence-corrected chi connectivity index (χ0v) is 14.8. The Morgan fingerprint density at radius 3 is 1.96 bits per heavy atom. The minimum Gasteiger partial charge on any atom is -0.340 e. The zero-order chi connectivity index (χ0) is 20.0. The second-order valence-electron chi connectivity index (χ2n) is 6.26. The van der Waals surface area contributed by atoms with Gasteiger partial charge in [-0.15, -0.1) is 0 Å². The standard InChI is InChI=1S/C17H21F3N4O3/c1-12(25)21-13-2-4-14(5-3-13)22-15(26)11-23-6-8-24(9-7-23)16(27)10-17(18,19)20/h2-5H,6-11H2,1H3,(H,21,25)(H,22,26). The van der Waals surface area contributed by atoms with Gasteiger partial charge >= 0.3 is 6.18 Å². The number of rotatable bonds is 5. The third-order valence-corrected chi connectivity index (χ3v) is 3.93. The van der Waals surface area contributed by atoms with Crippen LogP contribution < -0.4 is 10.6 Å². The molecular weight excluding hydrogens is 365 g/mol. The Morgan fingerprint density at radius 1 is 0.963 bits per heavy atom. The van der Waals surface area contributed by atoms with Gasteiger partial charge in [-0.2, -0.15) is 13.2 Å². The summed E-state index contributed by atoms with van der Waals surface area (Å²) in [6, 6.07) is 6.61. The van der Waals surface area contributed by atoms with Crippen LogP contribution in [0.5, 0.6) is 0 Å². The van der Waals surface area contributed by atoms with Crippen molar-refractivity contribution in [3.8, 4) is 0 Å². The summed E-state index contributed by atoms with van der Waals surface area (Å²) in [5, 5.41) is 5.33. The van der Waals surface area contributed by atoms with Crippen molar-refractivity contribution in [3.63, 3.8) is 0 Å². The zero-order valence-electron chi connectivity index (χ0n) is 14.8. The Balaban J connectivity index is 1.76. The summed E-state index contributed by atoms with van der Waals surface area (Å²) in [5.74, 6) is -1.40. The number of carbonyl (C=O) groups is 3. The van der Waals surface area contributed by atoms with Crippen molar-refractivity contribution in [2.45, 2.75) is 19.5 Å². The van der Waals surface area contributed by atoms with Gasteiger partial charge in [0.15, 0.2) is 0 Å². The van der Waals surface area contributed by atoms with Crippen molar-refractivity contribution in [3.05, 3.63) is 24.3 Å². The quantitative estimate of drug-likeness (QED) is 0.807. The highest BCUT2D eigenvalue weighted by Crippen LogP contribution is 2.21. The molecule has 2 N–H and O–H groups in total. The summed E-state index contributed by atoms with van der Waals surface area (Å²) in [7, 11) is 0. The van der Waals surface area contributed by atoms with E-state index in [2.05, 4.69) is 10.6 Å². The van der Waals surface area contributed by atoms with E-state index in [0.717, 1.165) is 0 Å². The average Bonchev–Trinajstić information content (AvgIpc) is 2.55. The van der Waals surface area contributed by atoms with Crippen molar-refractivity contribution in [2.24, 2.45) is 0 Å². The van der Waals surface area contributed by atoms with Gasteiger partial charge in [0.1, 0.15) is 6.42 Å². The highest BCUT2D eigenvalue weighted by Gasteiger charge is 2.34. The number of nitrogens with zero attached hydrogens (tertiary/aromatic N) is 2. The molecular formula is C17H21F3N4O3. The molecule has 0 aliphatic carbocycles. The second-order valence-corrected chi connectivity index (χ2v) is 6.26. The molecule has 3 amide bonds. The summed E-state index contributed by atoms with van der Waals surface area (Å²) in [6.07, 6.45) is -5.97. The SMILES string of the molecule is CC(=O)Nc1ccc(NC(=O)CN2CCN(C(=O)CC(F)(F)F)CC2)cc1. The third kappa shape index (κ3) is 7.26. The monoisotopic (exact) mass is 386 g/mol. The van der Waals surface area contributed by atoms with Crippen molar-refractivity contribution in [1.82, 2.24) is 9.80 Å². The minimum absolute atomic E-state index is 0.0781. The highest BCUT2D eigenvalue weighted by atomic mass is 19.4. The van der Waals surface area contributed by atoms with Gasteiger partial charge in [0.05, 0.1) is 6.54 Å². The number of hydrogen-bond acceptors (Lipinski definition) is 4. The highest BCUT2D eigenvalue weighted by molar-refractivity contribution is 5.93. The molecule has 0 aromatic heterocycles. The second kappa shape index (κ2) is 8.85. The maximum absolute atomic E-state index is 12.3. The van der Waals surface area contributed by atoms with Crippen molar-refractivity contribution >= 4 is 29.1 Å². The van der Waals surface area contributed by atoms with Crippen LogP contribution in [0.4, 0.5) is 24.5 Å². The van der Waals surface area contributed by atoms with Crippen LogP contribution in [0.15, 0.2) is 24.3 Å². The predicted octanol–water partition coefficient (Wildman–Crippen LogP) is 1.68. The number of amides is 3. The predicted molar refractivity (Wildman–Crippen MR) is 93.1 cm³/mol. The molecule has 148 valence electrons. The molecule has 0 radical (unpaired) electrons. The normalized spacial score (nSPS) is 15.3. The van der Waals surface area contributed by atoms with E-state index < -0.39 is 18.5 Å². The molecule has 0 atom stereocenters. The van der Waals surface area contributed by atoms with Crippen LogP contribution >= 0.6 is 0 Å². The van der Waals surface area contributed by atoms with Crippen LogP contribution in [0.3, 0.4) is 0 Å². The van der Waals surface area contributed by atoms with Crippen LogP contribution in [0, 0.1) is 0 Å². The molecule has 0 saturated carbocycles. The number of benzene rings is 1. The van der Waals surface area contributed by atoms with Crippen molar-refractivity contribution in [2.75, 3.05) is 43.4 Å². The van der Waals surface area contributed by atoms with Gasteiger partial charge in [0, 0.05) is 44.5 Å². The first-order valence-corrected chi connectivity index (χ1v) is 8.37. The van der Waals surface area contributed by atoms with E-state index in [1.807, 2.05) is 0 Å².